The standard InChI is InChI=1S/C13H12F3N5OS/c14-13(15,16)9-1-2-11(17-7-9)20-3-5-21(6-4-20)12(22)10-8-18-23-19-10/h1-2,7-8H,3-6H2. The van der Waals surface area contributed by atoms with Crippen molar-refractivity contribution in [2.24, 2.45) is 0 Å². The summed E-state index contributed by atoms with van der Waals surface area (Å²) < 4.78 is 45.3. The topological polar surface area (TPSA) is 62.2 Å². The highest BCUT2D eigenvalue weighted by Gasteiger charge is 2.31. The Hall–Kier alpha value is -2.23. The minimum Gasteiger partial charge on any atom is -0.353 e. The molecule has 0 N–H and O–H groups in total. The molecule has 6 nitrogen and oxygen atoms in total. The predicted molar refractivity (Wildman–Crippen MR) is 77.3 cm³/mol. The van der Waals surface area contributed by atoms with Gasteiger partial charge in [-0.15, -0.1) is 0 Å². The number of hydrogen-bond acceptors (Lipinski definition) is 6. The SMILES string of the molecule is O=C(c1cnsn1)N1CCN(c2ccc(C(F)(F)F)cn2)CC1. The third-order valence-corrected chi connectivity index (χ3v) is 4.02. The first kappa shape index (κ1) is 15.7. The number of rotatable bonds is 2. The van der Waals surface area contributed by atoms with E-state index in [1.165, 1.54) is 12.3 Å². The minimum absolute atomic E-state index is 0.182. The molecular formula is C13H12F3N5OS. The van der Waals surface area contributed by atoms with Crippen LogP contribution in [0.1, 0.15) is 16.1 Å². The fourth-order valence-corrected chi connectivity index (χ4v) is 2.71. The minimum atomic E-state index is -4.39. The van der Waals surface area contributed by atoms with E-state index < -0.39 is 11.7 Å². The zero-order valence-corrected chi connectivity index (χ0v) is 12.6. The molecule has 0 aromatic carbocycles. The number of pyridine rings is 1. The van der Waals surface area contributed by atoms with Crippen LogP contribution in [0.4, 0.5) is 19.0 Å². The molecule has 2 aromatic rings. The molecular weight excluding hydrogens is 331 g/mol. The van der Waals surface area contributed by atoms with E-state index in [4.69, 9.17) is 0 Å². The normalized spacial score (nSPS) is 15.8. The summed E-state index contributed by atoms with van der Waals surface area (Å²) in [7, 11) is 0. The first-order valence-electron chi connectivity index (χ1n) is 6.80. The van der Waals surface area contributed by atoms with Gasteiger partial charge in [-0.05, 0) is 12.1 Å². The van der Waals surface area contributed by atoms with Crippen molar-refractivity contribution in [1.82, 2.24) is 18.6 Å². The van der Waals surface area contributed by atoms with Gasteiger partial charge in [0, 0.05) is 32.4 Å². The summed E-state index contributed by atoms with van der Waals surface area (Å²) in [6.07, 6.45) is -2.14. The van der Waals surface area contributed by atoms with E-state index in [9.17, 15) is 18.0 Å². The van der Waals surface area contributed by atoms with E-state index in [-0.39, 0.29) is 5.91 Å². The first-order valence-corrected chi connectivity index (χ1v) is 7.53. The predicted octanol–water partition coefficient (Wildman–Crippen LogP) is 1.91. The Morgan fingerprint density at radius 2 is 1.87 bits per heavy atom. The molecule has 1 aliphatic heterocycles. The van der Waals surface area contributed by atoms with E-state index in [2.05, 4.69) is 13.7 Å². The van der Waals surface area contributed by atoms with Gasteiger partial charge in [0.05, 0.1) is 23.5 Å². The molecule has 0 aliphatic carbocycles. The van der Waals surface area contributed by atoms with Crippen LogP contribution in [0.3, 0.4) is 0 Å². The lowest BCUT2D eigenvalue weighted by molar-refractivity contribution is -0.137. The number of halogens is 3. The maximum Gasteiger partial charge on any atom is 0.417 e. The number of amides is 1. The molecule has 2 aromatic heterocycles. The highest BCUT2D eigenvalue weighted by atomic mass is 32.1. The zero-order chi connectivity index (χ0) is 16.4. The maximum atomic E-state index is 12.5. The molecule has 0 bridgehead atoms. The molecule has 0 saturated carbocycles. The molecule has 23 heavy (non-hydrogen) atoms. The van der Waals surface area contributed by atoms with Crippen LogP contribution in [0.5, 0.6) is 0 Å². The number of hydrogen-bond donors (Lipinski definition) is 0. The number of anilines is 1. The molecule has 0 spiro atoms. The molecule has 1 fully saturated rings. The van der Waals surface area contributed by atoms with Crippen LogP contribution in [-0.2, 0) is 6.18 Å². The Kier molecular flexibility index (Phi) is 4.16. The highest BCUT2D eigenvalue weighted by Crippen LogP contribution is 2.29. The van der Waals surface area contributed by atoms with Crippen LogP contribution < -0.4 is 4.90 Å². The quantitative estimate of drug-likeness (QED) is 0.834. The molecule has 0 unspecified atom stereocenters. The molecule has 1 saturated heterocycles. The van der Waals surface area contributed by atoms with Crippen LogP contribution in [0.25, 0.3) is 0 Å². The molecule has 3 rings (SSSR count). The van der Waals surface area contributed by atoms with Crippen molar-refractivity contribution in [3.8, 4) is 0 Å². The van der Waals surface area contributed by atoms with Gasteiger partial charge in [0.15, 0.2) is 5.69 Å². The molecule has 3 heterocycles. The number of carbonyl (C=O) groups is 1. The number of alkyl halides is 3. The van der Waals surface area contributed by atoms with Gasteiger partial charge >= 0.3 is 6.18 Å². The maximum absolute atomic E-state index is 12.5. The molecule has 1 aliphatic rings. The van der Waals surface area contributed by atoms with E-state index in [0.29, 0.717) is 37.7 Å². The van der Waals surface area contributed by atoms with Gasteiger partial charge in [-0.2, -0.15) is 21.9 Å². The van der Waals surface area contributed by atoms with Crippen molar-refractivity contribution >= 4 is 23.5 Å². The van der Waals surface area contributed by atoms with Crippen LogP contribution in [0, 0.1) is 0 Å². The second-order valence-electron chi connectivity index (χ2n) is 4.97. The van der Waals surface area contributed by atoms with Gasteiger partial charge in [0.25, 0.3) is 5.91 Å². The molecule has 122 valence electrons. The van der Waals surface area contributed by atoms with Gasteiger partial charge in [-0.25, -0.2) is 4.98 Å². The first-order chi connectivity index (χ1) is 10.9. The smallest absolute Gasteiger partial charge is 0.353 e. The van der Waals surface area contributed by atoms with Crippen molar-refractivity contribution in [2.45, 2.75) is 6.18 Å². The Morgan fingerprint density at radius 3 is 2.39 bits per heavy atom. The van der Waals surface area contributed by atoms with Crippen LogP contribution in [-0.4, -0.2) is 50.7 Å². The van der Waals surface area contributed by atoms with Gasteiger partial charge in [0.1, 0.15) is 5.82 Å². The van der Waals surface area contributed by atoms with Gasteiger partial charge in [-0.1, -0.05) is 0 Å². The van der Waals surface area contributed by atoms with Crippen LogP contribution in [0.15, 0.2) is 24.5 Å². The van der Waals surface area contributed by atoms with Crippen molar-refractivity contribution in [1.29, 1.82) is 0 Å². The van der Waals surface area contributed by atoms with Gasteiger partial charge in [0.2, 0.25) is 0 Å². The number of piperazine rings is 1. The van der Waals surface area contributed by atoms with Crippen molar-refractivity contribution in [3.63, 3.8) is 0 Å². The van der Waals surface area contributed by atoms with Gasteiger partial charge < -0.3 is 9.80 Å². The Balaban J connectivity index is 1.62. The van der Waals surface area contributed by atoms with E-state index in [0.717, 1.165) is 24.0 Å². The van der Waals surface area contributed by atoms with E-state index >= 15 is 0 Å². The summed E-state index contributed by atoms with van der Waals surface area (Å²) in [6.45, 7) is 1.92. The molecule has 0 radical (unpaired) electrons. The van der Waals surface area contributed by atoms with Crippen LogP contribution in [0.2, 0.25) is 0 Å². The third kappa shape index (κ3) is 3.41. The second-order valence-corrected chi connectivity index (χ2v) is 5.53. The summed E-state index contributed by atoms with van der Waals surface area (Å²) in [5, 5.41) is 0. The third-order valence-electron chi connectivity index (χ3n) is 3.55. The number of aromatic nitrogens is 3. The van der Waals surface area contributed by atoms with Crippen LogP contribution >= 0.6 is 11.7 Å². The lowest BCUT2D eigenvalue weighted by Crippen LogP contribution is -2.49. The average Bonchev–Trinajstić information content (AvgIpc) is 3.08. The van der Waals surface area contributed by atoms with Crippen molar-refractivity contribution in [3.05, 3.63) is 35.8 Å². The van der Waals surface area contributed by atoms with Crippen molar-refractivity contribution in [2.75, 3.05) is 31.1 Å². The molecule has 1 amide bonds. The lowest BCUT2D eigenvalue weighted by atomic mass is 10.2. The number of carbonyl (C=O) groups excluding carboxylic acids is 1. The Bertz CT molecular complexity index is 666. The fraction of sp³-hybridized carbons (Fsp3) is 0.385. The summed E-state index contributed by atoms with van der Waals surface area (Å²) >= 11 is 0.973. The summed E-state index contributed by atoms with van der Waals surface area (Å²) in [4.78, 5) is 19.5. The van der Waals surface area contributed by atoms with Gasteiger partial charge in [-0.3, -0.25) is 4.79 Å². The molecule has 0 atom stereocenters. The number of nitrogens with zero attached hydrogens (tertiary/aromatic N) is 5. The second kappa shape index (κ2) is 6.11. The van der Waals surface area contributed by atoms with E-state index in [1.54, 1.807) is 4.90 Å². The highest BCUT2D eigenvalue weighted by molar-refractivity contribution is 6.99. The lowest BCUT2D eigenvalue weighted by Gasteiger charge is -2.35. The summed E-state index contributed by atoms with van der Waals surface area (Å²) in [5.74, 6) is 0.291. The monoisotopic (exact) mass is 343 g/mol. The average molecular weight is 343 g/mol. The van der Waals surface area contributed by atoms with E-state index in [1.807, 2.05) is 4.90 Å². The fourth-order valence-electron chi connectivity index (χ4n) is 2.30. The Morgan fingerprint density at radius 1 is 1.13 bits per heavy atom. The summed E-state index contributed by atoms with van der Waals surface area (Å²) in [5.41, 5.74) is -0.456. The summed E-state index contributed by atoms with van der Waals surface area (Å²) in [6, 6.07) is 2.37. The zero-order valence-electron chi connectivity index (χ0n) is 11.8. The largest absolute Gasteiger partial charge is 0.417 e. The Labute approximate surface area is 133 Å². The van der Waals surface area contributed by atoms with Crippen molar-refractivity contribution < 1.29 is 18.0 Å². The molecule has 10 heteroatoms.